The normalized spacial score (nSPS) is 17.7. The first-order chi connectivity index (χ1) is 10.2. The highest BCUT2D eigenvalue weighted by molar-refractivity contribution is 7.84. The van der Waals surface area contributed by atoms with Crippen LogP contribution in [-0.4, -0.2) is 19.0 Å². The Balaban J connectivity index is 1.69. The Hall–Kier alpha value is -1.69. The van der Waals surface area contributed by atoms with Crippen LogP contribution in [0.1, 0.15) is 43.8 Å². The first-order valence-electron chi connectivity index (χ1n) is 7.36. The summed E-state index contributed by atoms with van der Waals surface area (Å²) in [7, 11) is -1.18. The Morgan fingerprint density at radius 2 is 2.10 bits per heavy atom. The molecule has 1 fully saturated rings. The summed E-state index contributed by atoms with van der Waals surface area (Å²) in [6, 6.07) is 4.18. The fourth-order valence-corrected chi connectivity index (χ4v) is 3.92. The zero-order valence-electron chi connectivity index (χ0n) is 11.9. The lowest BCUT2D eigenvalue weighted by molar-refractivity contribution is 0.328. The number of nitrogen functional groups attached to an aromatic ring is 1. The molecule has 0 aliphatic heterocycles. The van der Waals surface area contributed by atoms with Gasteiger partial charge in [0.1, 0.15) is 0 Å². The average molecular weight is 304 g/mol. The maximum atomic E-state index is 12.4. The van der Waals surface area contributed by atoms with Gasteiger partial charge < -0.3 is 5.73 Å². The number of hydrogen-bond acceptors (Lipinski definition) is 4. The van der Waals surface area contributed by atoms with Crippen LogP contribution in [0.2, 0.25) is 0 Å². The van der Waals surface area contributed by atoms with E-state index < -0.39 is 10.8 Å². The zero-order chi connectivity index (χ0) is 14.7. The van der Waals surface area contributed by atoms with E-state index in [9.17, 15) is 4.21 Å². The van der Waals surface area contributed by atoms with Crippen LogP contribution >= 0.6 is 0 Å². The summed E-state index contributed by atoms with van der Waals surface area (Å²) >= 11 is 0. The van der Waals surface area contributed by atoms with Gasteiger partial charge in [-0.3, -0.25) is 13.9 Å². The molecule has 2 aromatic rings. The minimum absolute atomic E-state index is 0.397. The van der Waals surface area contributed by atoms with Crippen molar-refractivity contribution in [2.45, 2.75) is 48.8 Å². The molecule has 0 amide bonds. The minimum atomic E-state index is -1.18. The molecule has 0 aromatic carbocycles. The molecule has 2 aromatic heterocycles. The van der Waals surface area contributed by atoms with Crippen LogP contribution in [0, 0.1) is 0 Å². The van der Waals surface area contributed by atoms with E-state index in [4.69, 9.17) is 5.73 Å². The van der Waals surface area contributed by atoms with E-state index in [1.807, 2.05) is 16.9 Å². The smallest absolute Gasteiger partial charge is 0.0753 e. The molecule has 1 atom stereocenters. The summed E-state index contributed by atoms with van der Waals surface area (Å²) < 4.78 is 14.4. The average Bonchev–Trinajstić information content (AvgIpc) is 2.97. The van der Waals surface area contributed by atoms with Crippen LogP contribution in [0.5, 0.6) is 0 Å². The Bertz CT molecular complexity index is 634. The van der Waals surface area contributed by atoms with Crippen LogP contribution in [0.25, 0.3) is 0 Å². The highest BCUT2D eigenvalue weighted by Gasteiger charge is 2.17. The number of anilines is 1. The van der Waals surface area contributed by atoms with Crippen molar-refractivity contribution in [3.63, 3.8) is 0 Å². The molecule has 112 valence electrons. The lowest BCUT2D eigenvalue weighted by Crippen LogP contribution is -2.13. The number of hydrogen-bond donors (Lipinski definition) is 1. The first-order valence-corrected chi connectivity index (χ1v) is 8.68. The molecule has 3 rings (SSSR count). The molecule has 1 unspecified atom stereocenters. The van der Waals surface area contributed by atoms with Gasteiger partial charge in [-0.05, 0) is 25.0 Å². The van der Waals surface area contributed by atoms with E-state index in [2.05, 4.69) is 10.1 Å². The summed E-state index contributed by atoms with van der Waals surface area (Å²) in [6.45, 7) is 0. The maximum absolute atomic E-state index is 12.4. The third-order valence-electron chi connectivity index (χ3n) is 3.95. The van der Waals surface area contributed by atoms with Gasteiger partial charge in [0.15, 0.2) is 0 Å². The van der Waals surface area contributed by atoms with E-state index in [0.717, 1.165) is 5.69 Å². The standard InChI is InChI=1S/C15H20N4OS/c16-14-10-17-8-6-15(14)21(20)11-12-7-9-19(18-12)13-4-2-1-3-5-13/h6-10,13H,1-5,11,16H2. The third-order valence-corrected chi connectivity index (χ3v) is 5.37. The highest BCUT2D eigenvalue weighted by atomic mass is 32.2. The van der Waals surface area contributed by atoms with E-state index in [1.165, 1.54) is 38.3 Å². The van der Waals surface area contributed by atoms with Gasteiger partial charge in [0.25, 0.3) is 0 Å². The molecule has 0 spiro atoms. The molecular weight excluding hydrogens is 284 g/mol. The van der Waals surface area contributed by atoms with Gasteiger partial charge in [0.05, 0.1) is 45.1 Å². The van der Waals surface area contributed by atoms with Crippen molar-refractivity contribution >= 4 is 16.5 Å². The van der Waals surface area contributed by atoms with Crippen LogP contribution in [-0.2, 0) is 16.6 Å². The number of aromatic nitrogens is 3. The van der Waals surface area contributed by atoms with Crippen molar-refractivity contribution in [1.82, 2.24) is 14.8 Å². The lowest BCUT2D eigenvalue weighted by Gasteiger charge is -2.21. The van der Waals surface area contributed by atoms with Crippen molar-refractivity contribution in [1.29, 1.82) is 0 Å². The Labute approximate surface area is 127 Å². The first kappa shape index (κ1) is 14.3. The molecule has 0 bridgehead atoms. The number of rotatable bonds is 4. The molecular formula is C15H20N4OS. The van der Waals surface area contributed by atoms with Crippen molar-refractivity contribution in [2.24, 2.45) is 0 Å². The van der Waals surface area contributed by atoms with Gasteiger partial charge >= 0.3 is 0 Å². The molecule has 1 saturated carbocycles. The second-order valence-corrected chi connectivity index (χ2v) is 6.90. The summed E-state index contributed by atoms with van der Waals surface area (Å²) in [5, 5.41) is 4.60. The van der Waals surface area contributed by atoms with Crippen LogP contribution in [0.15, 0.2) is 35.6 Å². The Morgan fingerprint density at radius 3 is 2.86 bits per heavy atom. The van der Waals surface area contributed by atoms with E-state index >= 15 is 0 Å². The highest BCUT2D eigenvalue weighted by Crippen LogP contribution is 2.27. The fraction of sp³-hybridized carbons (Fsp3) is 0.467. The number of nitrogens with zero attached hydrogens (tertiary/aromatic N) is 3. The van der Waals surface area contributed by atoms with Gasteiger partial charge in [0, 0.05) is 12.4 Å². The van der Waals surface area contributed by atoms with Crippen molar-refractivity contribution in [3.05, 3.63) is 36.4 Å². The van der Waals surface area contributed by atoms with E-state index in [-0.39, 0.29) is 0 Å². The molecule has 2 heterocycles. The topological polar surface area (TPSA) is 73.8 Å². The SMILES string of the molecule is Nc1cnccc1S(=O)Cc1ccn(C2CCCCC2)n1. The molecule has 2 N–H and O–H groups in total. The summed E-state index contributed by atoms with van der Waals surface area (Å²) in [6.07, 6.45) is 11.4. The number of pyridine rings is 1. The van der Waals surface area contributed by atoms with Crippen LogP contribution in [0.3, 0.4) is 0 Å². The predicted octanol–water partition coefficient (Wildman–Crippen LogP) is 2.67. The molecule has 0 saturated heterocycles. The van der Waals surface area contributed by atoms with E-state index in [1.54, 1.807) is 12.3 Å². The third kappa shape index (κ3) is 3.32. The zero-order valence-corrected chi connectivity index (χ0v) is 12.8. The second kappa shape index (κ2) is 6.39. The molecule has 6 heteroatoms. The van der Waals surface area contributed by atoms with Gasteiger partial charge in [-0.1, -0.05) is 19.3 Å². The van der Waals surface area contributed by atoms with E-state index in [0.29, 0.717) is 22.4 Å². The maximum Gasteiger partial charge on any atom is 0.0753 e. The van der Waals surface area contributed by atoms with Gasteiger partial charge in [-0.25, -0.2) is 0 Å². The molecule has 21 heavy (non-hydrogen) atoms. The molecule has 5 nitrogen and oxygen atoms in total. The van der Waals surface area contributed by atoms with Gasteiger partial charge in [-0.15, -0.1) is 0 Å². The monoisotopic (exact) mass is 304 g/mol. The summed E-state index contributed by atoms with van der Waals surface area (Å²) in [5.74, 6) is 0.397. The van der Waals surface area contributed by atoms with Crippen LogP contribution < -0.4 is 5.73 Å². The lowest BCUT2D eigenvalue weighted by atomic mass is 9.96. The predicted molar refractivity (Wildman–Crippen MR) is 83.1 cm³/mol. The molecule has 1 aliphatic rings. The van der Waals surface area contributed by atoms with Crippen molar-refractivity contribution in [3.8, 4) is 0 Å². The second-order valence-electron chi connectivity index (χ2n) is 5.48. The van der Waals surface area contributed by atoms with Gasteiger partial charge in [0.2, 0.25) is 0 Å². The Kier molecular flexibility index (Phi) is 4.34. The fourth-order valence-electron chi connectivity index (χ4n) is 2.82. The Morgan fingerprint density at radius 1 is 1.29 bits per heavy atom. The van der Waals surface area contributed by atoms with Crippen molar-refractivity contribution in [2.75, 3.05) is 5.73 Å². The van der Waals surface area contributed by atoms with Crippen molar-refractivity contribution < 1.29 is 4.21 Å². The van der Waals surface area contributed by atoms with Gasteiger partial charge in [-0.2, -0.15) is 5.10 Å². The summed E-state index contributed by atoms with van der Waals surface area (Å²) in [5.41, 5.74) is 7.15. The molecule has 1 aliphatic carbocycles. The van der Waals surface area contributed by atoms with Crippen LogP contribution in [0.4, 0.5) is 5.69 Å². The quantitative estimate of drug-likeness (QED) is 0.942. The summed E-state index contributed by atoms with van der Waals surface area (Å²) in [4.78, 5) is 4.56. The molecule has 0 radical (unpaired) electrons. The number of nitrogens with two attached hydrogens (primary N) is 1. The largest absolute Gasteiger partial charge is 0.396 e. The minimum Gasteiger partial charge on any atom is -0.396 e.